The summed E-state index contributed by atoms with van der Waals surface area (Å²) in [6.45, 7) is 1.19. The molecule has 3 N–H and O–H groups in total. The van der Waals surface area contributed by atoms with E-state index >= 15 is 0 Å². The van der Waals surface area contributed by atoms with Crippen molar-refractivity contribution in [1.82, 2.24) is 15.2 Å². The molecule has 8 nitrogen and oxygen atoms in total. The van der Waals surface area contributed by atoms with Gasteiger partial charge in [-0.3, -0.25) is 9.89 Å². The second-order valence-electron chi connectivity index (χ2n) is 9.57. The Bertz CT molecular complexity index is 1460. The Hall–Kier alpha value is -4.54. The van der Waals surface area contributed by atoms with E-state index in [0.29, 0.717) is 43.2 Å². The molecule has 208 valence electrons. The molecule has 0 aliphatic carbocycles. The van der Waals surface area contributed by atoms with E-state index in [1.54, 1.807) is 42.5 Å². The number of aromatic nitrogens is 3. The number of carbonyl (C=O) groups excluding carboxylic acids is 1. The van der Waals surface area contributed by atoms with Gasteiger partial charge in [-0.15, -0.1) is 0 Å². The molecule has 0 spiro atoms. The van der Waals surface area contributed by atoms with Crippen molar-refractivity contribution in [3.05, 3.63) is 89.2 Å². The summed E-state index contributed by atoms with van der Waals surface area (Å²) in [7, 11) is 1.55. The molecule has 5 rings (SSSR count). The number of carbonyl (C=O) groups is 1. The number of nitrogens with one attached hydrogen (secondary N) is 3. The van der Waals surface area contributed by atoms with Gasteiger partial charge in [0.25, 0.3) is 5.91 Å². The summed E-state index contributed by atoms with van der Waals surface area (Å²) in [6, 6.07) is 16.5. The topological polar surface area (TPSA) is 95.2 Å². The second-order valence-corrected chi connectivity index (χ2v) is 9.57. The van der Waals surface area contributed by atoms with Gasteiger partial charge in [0.15, 0.2) is 5.82 Å². The lowest BCUT2D eigenvalue weighted by Gasteiger charge is -2.23. The average Bonchev–Trinajstić information content (AvgIpc) is 3.65. The van der Waals surface area contributed by atoms with Gasteiger partial charge in [-0.25, -0.2) is 4.98 Å². The number of hydrogen-bond donors (Lipinski definition) is 3. The number of benzene rings is 2. The van der Waals surface area contributed by atoms with Crippen molar-refractivity contribution in [2.75, 3.05) is 35.7 Å². The molecule has 0 unspecified atom stereocenters. The first-order valence-electron chi connectivity index (χ1n) is 13.0. The first-order chi connectivity index (χ1) is 19.3. The Morgan fingerprint density at radius 1 is 1.02 bits per heavy atom. The molecular weight excluding hydrogens is 521 g/mol. The fourth-order valence-corrected chi connectivity index (χ4v) is 4.70. The molecular formula is C29H29F3N6O2. The first-order valence-corrected chi connectivity index (χ1v) is 13.0. The molecule has 0 atom stereocenters. The Labute approximate surface area is 229 Å². The summed E-state index contributed by atoms with van der Waals surface area (Å²) in [6.07, 6.45) is 0.142. The Balaban J connectivity index is 1.21. The van der Waals surface area contributed by atoms with E-state index in [4.69, 9.17) is 4.74 Å². The first kappa shape index (κ1) is 27.0. The number of hydrogen-bond acceptors (Lipinski definition) is 6. The summed E-state index contributed by atoms with van der Waals surface area (Å²) in [5.41, 5.74) is 2.47. The van der Waals surface area contributed by atoms with Crippen LogP contribution in [-0.2, 0) is 19.0 Å². The largest absolute Gasteiger partial charge is 0.481 e. The van der Waals surface area contributed by atoms with Gasteiger partial charge in [0.1, 0.15) is 0 Å². The molecule has 1 saturated heterocycles. The molecule has 0 bridgehead atoms. The molecule has 4 aromatic rings. The molecule has 0 saturated carbocycles. The van der Waals surface area contributed by atoms with E-state index < -0.39 is 17.6 Å². The highest BCUT2D eigenvalue weighted by atomic mass is 19.4. The smallest absolute Gasteiger partial charge is 0.418 e. The van der Waals surface area contributed by atoms with Crippen molar-refractivity contribution in [2.24, 2.45) is 0 Å². The summed E-state index contributed by atoms with van der Waals surface area (Å²) < 4.78 is 46.5. The molecule has 1 aliphatic heterocycles. The number of aromatic amines is 1. The third-order valence-corrected chi connectivity index (χ3v) is 6.73. The number of methoxy groups -OCH3 is 1. The molecule has 3 heterocycles. The summed E-state index contributed by atoms with van der Waals surface area (Å²) >= 11 is 0. The van der Waals surface area contributed by atoms with Crippen LogP contribution in [0.4, 0.5) is 36.1 Å². The van der Waals surface area contributed by atoms with Crippen molar-refractivity contribution in [3.8, 4) is 5.88 Å². The fourth-order valence-electron chi connectivity index (χ4n) is 4.70. The number of amides is 1. The van der Waals surface area contributed by atoms with E-state index in [1.807, 2.05) is 18.2 Å². The molecule has 1 fully saturated rings. The molecule has 11 heteroatoms. The summed E-state index contributed by atoms with van der Waals surface area (Å²) in [5, 5.41) is 13.1. The zero-order chi connectivity index (χ0) is 28.1. The van der Waals surface area contributed by atoms with E-state index in [-0.39, 0.29) is 11.4 Å². The van der Waals surface area contributed by atoms with Crippen molar-refractivity contribution < 1.29 is 22.7 Å². The Morgan fingerprint density at radius 2 is 1.82 bits per heavy atom. The van der Waals surface area contributed by atoms with Crippen LogP contribution in [0.5, 0.6) is 5.88 Å². The molecule has 2 aromatic heterocycles. The lowest BCUT2D eigenvalue weighted by atomic mass is 10.0. The predicted molar refractivity (Wildman–Crippen MR) is 147 cm³/mol. The molecule has 0 radical (unpaired) electrons. The van der Waals surface area contributed by atoms with Crippen molar-refractivity contribution in [1.29, 1.82) is 0 Å². The lowest BCUT2D eigenvalue weighted by molar-refractivity contribution is -0.137. The van der Waals surface area contributed by atoms with E-state index in [9.17, 15) is 18.0 Å². The minimum atomic E-state index is -4.52. The number of pyridine rings is 1. The average molecular weight is 551 g/mol. The van der Waals surface area contributed by atoms with Crippen LogP contribution in [0.2, 0.25) is 0 Å². The monoisotopic (exact) mass is 550 g/mol. The van der Waals surface area contributed by atoms with Gasteiger partial charge in [-0.2, -0.15) is 18.3 Å². The molecule has 2 aromatic carbocycles. The normalized spacial score (nSPS) is 13.3. The minimum absolute atomic E-state index is 0.107. The number of anilines is 4. The van der Waals surface area contributed by atoms with Crippen LogP contribution < -0.4 is 20.3 Å². The van der Waals surface area contributed by atoms with Crippen LogP contribution in [0, 0.1) is 0 Å². The van der Waals surface area contributed by atoms with Gasteiger partial charge in [-0.1, -0.05) is 12.1 Å². The van der Waals surface area contributed by atoms with Gasteiger partial charge in [0.2, 0.25) is 5.88 Å². The van der Waals surface area contributed by atoms with E-state index in [0.717, 1.165) is 35.9 Å². The maximum atomic E-state index is 13.8. The highest BCUT2D eigenvalue weighted by Crippen LogP contribution is 2.39. The summed E-state index contributed by atoms with van der Waals surface area (Å²) in [5.74, 6) is 0.694. The van der Waals surface area contributed by atoms with Crippen LogP contribution >= 0.6 is 0 Å². The Kier molecular flexibility index (Phi) is 7.90. The maximum Gasteiger partial charge on any atom is 0.418 e. The number of H-pyrrole nitrogens is 1. The van der Waals surface area contributed by atoms with Gasteiger partial charge >= 0.3 is 6.18 Å². The van der Waals surface area contributed by atoms with E-state index in [1.165, 1.54) is 12.1 Å². The Morgan fingerprint density at radius 3 is 2.55 bits per heavy atom. The van der Waals surface area contributed by atoms with Crippen LogP contribution in [0.1, 0.15) is 40.0 Å². The summed E-state index contributed by atoms with van der Waals surface area (Å²) in [4.78, 5) is 18.8. The fraction of sp³-hybridized carbons (Fsp3) is 0.276. The van der Waals surface area contributed by atoms with Gasteiger partial charge in [0, 0.05) is 47.9 Å². The van der Waals surface area contributed by atoms with Crippen LogP contribution in [0.15, 0.2) is 66.9 Å². The van der Waals surface area contributed by atoms with Crippen LogP contribution in [0.25, 0.3) is 0 Å². The zero-order valence-electron chi connectivity index (χ0n) is 21.9. The predicted octanol–water partition coefficient (Wildman–Crippen LogP) is 6.21. The molecule has 1 aliphatic rings. The molecule has 40 heavy (non-hydrogen) atoms. The van der Waals surface area contributed by atoms with Gasteiger partial charge in [-0.05, 0) is 67.6 Å². The van der Waals surface area contributed by atoms with Crippen LogP contribution in [0.3, 0.4) is 0 Å². The number of aryl methyl sites for hydroxylation is 2. The van der Waals surface area contributed by atoms with Crippen molar-refractivity contribution in [3.63, 3.8) is 0 Å². The molecule has 1 amide bonds. The zero-order valence-corrected chi connectivity index (χ0v) is 21.9. The highest BCUT2D eigenvalue weighted by Gasteiger charge is 2.36. The highest BCUT2D eigenvalue weighted by molar-refractivity contribution is 6.04. The quantitative estimate of drug-likeness (QED) is 0.229. The van der Waals surface area contributed by atoms with Gasteiger partial charge in [0.05, 0.1) is 24.6 Å². The standard InChI is InChI=1S/C29H29F3N6O2/c1-40-27-12-10-23(18-33-27)34-26-17-22(36-37-26)8-7-19-5-4-6-20(15-19)28(39)35-21-9-11-25(38-13-2-3-14-38)24(16-21)29(30,31)32/h4-6,9-12,15-18H,2-3,7-8,13-14H2,1H3,(H,35,39)(H2,34,36,37). The minimum Gasteiger partial charge on any atom is -0.481 e. The SMILES string of the molecule is COc1ccc(Nc2cc(CCc3cccc(C(=O)Nc4ccc(N5CCCC5)c(C(F)(F)F)c4)c3)[nH]n2)cn1. The third-order valence-electron chi connectivity index (χ3n) is 6.73. The van der Waals surface area contributed by atoms with Crippen molar-refractivity contribution in [2.45, 2.75) is 31.9 Å². The number of ether oxygens (including phenoxy) is 1. The lowest BCUT2D eigenvalue weighted by Crippen LogP contribution is -2.22. The second kappa shape index (κ2) is 11.7. The third kappa shape index (κ3) is 6.53. The van der Waals surface area contributed by atoms with Crippen molar-refractivity contribution >= 4 is 28.8 Å². The van der Waals surface area contributed by atoms with E-state index in [2.05, 4.69) is 25.8 Å². The number of rotatable bonds is 9. The van der Waals surface area contributed by atoms with Crippen LogP contribution in [-0.4, -0.2) is 41.3 Å². The number of nitrogens with zero attached hydrogens (tertiary/aromatic N) is 3. The maximum absolute atomic E-state index is 13.8. The van der Waals surface area contributed by atoms with Gasteiger partial charge < -0.3 is 20.3 Å². The number of halogens is 3. The number of alkyl halides is 3.